The molecule has 40 heavy (non-hydrogen) atoms. The van der Waals surface area contributed by atoms with Crippen LogP contribution in [-0.4, -0.2) is 50.9 Å². The number of hydrogen-bond donors (Lipinski definition) is 1. The Morgan fingerprint density at radius 1 is 0.900 bits per heavy atom. The van der Waals surface area contributed by atoms with E-state index >= 15 is 0 Å². The normalized spacial score (nSPS) is 12.1. The topological polar surface area (TPSA) is 96.0 Å². The van der Waals surface area contributed by atoms with Gasteiger partial charge < -0.3 is 15.0 Å². The van der Waals surface area contributed by atoms with Crippen LogP contribution in [0.4, 0.5) is 5.69 Å². The largest absolute Gasteiger partial charge is 0.492 e. The summed E-state index contributed by atoms with van der Waals surface area (Å²) in [6.45, 7) is 9.81. The molecular formula is C31H39N3O5S. The molecule has 214 valence electrons. The maximum atomic E-state index is 14.0. The molecule has 0 unspecified atom stereocenters. The Morgan fingerprint density at radius 2 is 1.52 bits per heavy atom. The smallest absolute Gasteiger partial charge is 0.264 e. The number of benzene rings is 3. The highest BCUT2D eigenvalue weighted by molar-refractivity contribution is 7.92. The lowest BCUT2D eigenvalue weighted by Crippen LogP contribution is -2.51. The van der Waals surface area contributed by atoms with E-state index in [1.165, 1.54) is 17.0 Å². The zero-order valence-corrected chi connectivity index (χ0v) is 24.6. The summed E-state index contributed by atoms with van der Waals surface area (Å²) in [5.41, 5.74) is 2.14. The van der Waals surface area contributed by atoms with Gasteiger partial charge in [-0.25, -0.2) is 8.42 Å². The lowest BCUT2D eigenvalue weighted by molar-refractivity contribution is -0.139. The van der Waals surface area contributed by atoms with E-state index < -0.39 is 28.5 Å². The second-order valence-corrected chi connectivity index (χ2v) is 11.9. The minimum Gasteiger partial charge on any atom is -0.492 e. The van der Waals surface area contributed by atoms with E-state index in [9.17, 15) is 18.0 Å². The number of hydrogen-bond acceptors (Lipinski definition) is 5. The first-order chi connectivity index (χ1) is 19.0. The molecule has 1 N–H and O–H groups in total. The number of sulfonamides is 1. The SMILES string of the molecule is CCOc1ccccc1N(CC(=O)N(Cc1ccc(C)cc1)[C@@H](C)C(=O)NCC(C)C)S(=O)(=O)c1ccccc1. The molecular weight excluding hydrogens is 526 g/mol. The molecule has 8 nitrogen and oxygen atoms in total. The zero-order chi connectivity index (χ0) is 29.3. The van der Waals surface area contributed by atoms with Gasteiger partial charge in [-0.15, -0.1) is 0 Å². The molecule has 3 aromatic rings. The number of amides is 2. The highest BCUT2D eigenvalue weighted by atomic mass is 32.2. The summed E-state index contributed by atoms with van der Waals surface area (Å²) < 4.78 is 34.7. The summed E-state index contributed by atoms with van der Waals surface area (Å²) in [5.74, 6) is -0.246. The van der Waals surface area contributed by atoms with Crippen molar-refractivity contribution in [3.05, 3.63) is 90.0 Å². The first-order valence-electron chi connectivity index (χ1n) is 13.5. The van der Waals surface area contributed by atoms with Crippen molar-refractivity contribution in [3.8, 4) is 5.75 Å². The predicted octanol–water partition coefficient (Wildman–Crippen LogP) is 4.78. The summed E-state index contributed by atoms with van der Waals surface area (Å²) in [6.07, 6.45) is 0. The first kappa shape index (κ1) is 30.7. The fourth-order valence-corrected chi connectivity index (χ4v) is 5.54. The summed E-state index contributed by atoms with van der Waals surface area (Å²) in [7, 11) is -4.16. The number of carbonyl (C=O) groups excluding carboxylic acids is 2. The molecule has 0 saturated carbocycles. The molecule has 0 aliphatic rings. The van der Waals surface area contributed by atoms with Crippen LogP contribution in [0, 0.1) is 12.8 Å². The van der Waals surface area contributed by atoms with E-state index in [2.05, 4.69) is 5.32 Å². The molecule has 0 radical (unpaired) electrons. The van der Waals surface area contributed by atoms with Gasteiger partial charge in [0.15, 0.2) is 0 Å². The van der Waals surface area contributed by atoms with E-state index in [0.717, 1.165) is 15.4 Å². The number of carbonyl (C=O) groups is 2. The Hall–Kier alpha value is -3.85. The Morgan fingerprint density at radius 3 is 2.15 bits per heavy atom. The molecule has 1 atom stereocenters. The van der Waals surface area contributed by atoms with Crippen molar-refractivity contribution in [2.24, 2.45) is 5.92 Å². The highest BCUT2D eigenvalue weighted by Gasteiger charge is 2.33. The number of ether oxygens (including phenoxy) is 1. The third kappa shape index (κ3) is 7.85. The number of rotatable bonds is 13. The third-order valence-corrected chi connectivity index (χ3v) is 8.14. The van der Waals surface area contributed by atoms with Crippen LogP contribution in [-0.2, 0) is 26.2 Å². The van der Waals surface area contributed by atoms with E-state index in [-0.39, 0.29) is 29.0 Å². The number of aryl methyl sites for hydroxylation is 1. The molecule has 0 aromatic heterocycles. The minimum absolute atomic E-state index is 0.0434. The highest BCUT2D eigenvalue weighted by Crippen LogP contribution is 2.32. The van der Waals surface area contributed by atoms with Crippen molar-refractivity contribution in [2.45, 2.75) is 52.1 Å². The second-order valence-electron chi connectivity index (χ2n) is 10.0. The summed E-state index contributed by atoms with van der Waals surface area (Å²) >= 11 is 0. The standard InChI is InChI=1S/C31H39N3O5S/c1-6-39-29-15-11-10-14-28(29)34(40(37,38)27-12-8-7-9-13-27)22-30(35)33(21-26-18-16-24(4)17-19-26)25(5)31(36)32-20-23(2)3/h7-19,23,25H,6,20-22H2,1-5H3,(H,32,36)/t25-/m0/s1. The molecule has 0 aliphatic carbocycles. The van der Waals surface area contributed by atoms with Gasteiger partial charge in [0, 0.05) is 13.1 Å². The monoisotopic (exact) mass is 565 g/mol. The summed E-state index contributed by atoms with van der Waals surface area (Å²) in [5, 5.41) is 2.89. The van der Waals surface area contributed by atoms with E-state index in [4.69, 9.17) is 4.74 Å². The van der Waals surface area contributed by atoms with Crippen molar-refractivity contribution in [2.75, 3.05) is 24.0 Å². The Balaban J connectivity index is 2.04. The zero-order valence-electron chi connectivity index (χ0n) is 23.8. The molecule has 0 bridgehead atoms. The van der Waals surface area contributed by atoms with Crippen LogP contribution in [0.15, 0.2) is 83.8 Å². The predicted molar refractivity (Wildman–Crippen MR) is 158 cm³/mol. The fraction of sp³-hybridized carbons (Fsp3) is 0.355. The molecule has 0 fully saturated rings. The number of nitrogens with one attached hydrogen (secondary N) is 1. The van der Waals surface area contributed by atoms with Gasteiger partial charge in [0.1, 0.15) is 18.3 Å². The minimum atomic E-state index is -4.16. The summed E-state index contributed by atoms with van der Waals surface area (Å²) in [6, 6.07) is 21.5. The maximum absolute atomic E-state index is 14.0. The van der Waals surface area contributed by atoms with Crippen LogP contribution in [0.25, 0.3) is 0 Å². The van der Waals surface area contributed by atoms with Crippen molar-refractivity contribution in [3.63, 3.8) is 0 Å². The average molecular weight is 566 g/mol. The van der Waals surface area contributed by atoms with Gasteiger partial charge in [-0.2, -0.15) is 0 Å². The van der Waals surface area contributed by atoms with Gasteiger partial charge in [0.25, 0.3) is 10.0 Å². The maximum Gasteiger partial charge on any atom is 0.264 e. The number of para-hydroxylation sites is 2. The molecule has 0 spiro atoms. The van der Waals surface area contributed by atoms with Gasteiger partial charge in [0.05, 0.1) is 17.2 Å². The Bertz CT molecular complexity index is 1380. The van der Waals surface area contributed by atoms with Crippen LogP contribution in [0.5, 0.6) is 5.75 Å². The third-order valence-electron chi connectivity index (χ3n) is 6.37. The second kappa shape index (κ2) is 14.0. The van der Waals surface area contributed by atoms with E-state index in [0.29, 0.717) is 18.9 Å². The molecule has 3 rings (SSSR count). The quantitative estimate of drug-likeness (QED) is 0.322. The molecule has 0 heterocycles. The Labute approximate surface area is 238 Å². The van der Waals surface area contributed by atoms with Gasteiger partial charge in [-0.3, -0.25) is 13.9 Å². The van der Waals surface area contributed by atoms with Gasteiger partial charge >= 0.3 is 0 Å². The number of anilines is 1. The van der Waals surface area contributed by atoms with Crippen LogP contribution in [0.3, 0.4) is 0 Å². The van der Waals surface area contributed by atoms with Gasteiger partial charge in [-0.05, 0) is 56.5 Å². The molecule has 0 aliphatic heterocycles. The lowest BCUT2D eigenvalue weighted by Gasteiger charge is -2.32. The van der Waals surface area contributed by atoms with Crippen molar-refractivity contribution in [1.82, 2.24) is 10.2 Å². The van der Waals surface area contributed by atoms with Crippen molar-refractivity contribution < 1.29 is 22.7 Å². The van der Waals surface area contributed by atoms with Gasteiger partial charge in [-0.1, -0.05) is 74.0 Å². The Kier molecular flexibility index (Phi) is 10.7. The molecule has 2 amide bonds. The summed E-state index contributed by atoms with van der Waals surface area (Å²) in [4.78, 5) is 28.6. The molecule has 9 heteroatoms. The fourth-order valence-electron chi connectivity index (χ4n) is 4.10. The van der Waals surface area contributed by atoms with Crippen LogP contribution in [0.2, 0.25) is 0 Å². The van der Waals surface area contributed by atoms with Crippen molar-refractivity contribution >= 4 is 27.5 Å². The van der Waals surface area contributed by atoms with Crippen LogP contribution in [0.1, 0.15) is 38.8 Å². The van der Waals surface area contributed by atoms with Gasteiger partial charge in [0.2, 0.25) is 11.8 Å². The molecule has 3 aromatic carbocycles. The average Bonchev–Trinajstić information content (AvgIpc) is 2.94. The lowest BCUT2D eigenvalue weighted by atomic mass is 10.1. The van der Waals surface area contributed by atoms with Crippen LogP contribution >= 0.6 is 0 Å². The van der Waals surface area contributed by atoms with Crippen molar-refractivity contribution in [1.29, 1.82) is 0 Å². The molecule has 0 saturated heterocycles. The first-order valence-corrected chi connectivity index (χ1v) is 14.9. The van der Waals surface area contributed by atoms with E-state index in [1.807, 2.05) is 45.0 Å². The number of nitrogens with zero attached hydrogens (tertiary/aromatic N) is 2. The van der Waals surface area contributed by atoms with E-state index in [1.54, 1.807) is 56.3 Å². The van der Waals surface area contributed by atoms with Crippen LogP contribution < -0.4 is 14.4 Å².